The molecule has 2 amide bonds. The Kier molecular flexibility index (Phi) is 8.44. The number of carbonyl (C=O) groups is 2. The highest BCUT2D eigenvalue weighted by Gasteiger charge is 2.30. The molecular formula is C28H39N5O4. The minimum atomic E-state index is -0.480. The van der Waals surface area contributed by atoms with Gasteiger partial charge in [-0.1, -0.05) is 12.1 Å². The molecule has 200 valence electrons. The Labute approximate surface area is 219 Å². The number of ether oxygens (including phenoxy) is 1. The molecule has 1 atom stereocenters. The van der Waals surface area contributed by atoms with Gasteiger partial charge >= 0.3 is 6.09 Å². The molecule has 4 rings (SSSR count). The van der Waals surface area contributed by atoms with Crippen molar-refractivity contribution < 1.29 is 19.4 Å². The molecule has 0 unspecified atom stereocenters. The Morgan fingerprint density at radius 3 is 2.35 bits per heavy atom. The van der Waals surface area contributed by atoms with Gasteiger partial charge in [-0.2, -0.15) is 0 Å². The molecule has 1 aromatic carbocycles. The first-order valence-corrected chi connectivity index (χ1v) is 13.2. The summed E-state index contributed by atoms with van der Waals surface area (Å²) in [5.74, 6) is -0.0375. The van der Waals surface area contributed by atoms with E-state index < -0.39 is 5.60 Å². The number of likely N-dealkylation sites (tertiary alicyclic amines) is 2. The van der Waals surface area contributed by atoms with Gasteiger partial charge in [-0.3, -0.25) is 19.7 Å². The maximum absolute atomic E-state index is 12.8. The molecular weight excluding hydrogens is 470 g/mol. The molecule has 3 heterocycles. The van der Waals surface area contributed by atoms with E-state index in [0.29, 0.717) is 37.8 Å². The van der Waals surface area contributed by atoms with Crippen molar-refractivity contribution in [2.24, 2.45) is 0 Å². The Bertz CT molecular complexity index is 1060. The topological polar surface area (TPSA) is 99.1 Å². The van der Waals surface area contributed by atoms with E-state index in [0.717, 1.165) is 42.6 Å². The van der Waals surface area contributed by atoms with Gasteiger partial charge in [-0.25, -0.2) is 4.79 Å². The van der Waals surface area contributed by atoms with E-state index in [4.69, 9.17) is 4.74 Å². The van der Waals surface area contributed by atoms with Gasteiger partial charge in [0.05, 0.1) is 36.4 Å². The average molecular weight is 510 g/mol. The molecule has 2 fully saturated rings. The molecule has 1 aromatic heterocycles. The van der Waals surface area contributed by atoms with Crippen molar-refractivity contribution >= 4 is 12.0 Å². The van der Waals surface area contributed by atoms with E-state index in [9.17, 15) is 14.7 Å². The molecule has 2 aromatic rings. The third-order valence-electron chi connectivity index (χ3n) is 7.13. The molecule has 2 saturated heterocycles. The van der Waals surface area contributed by atoms with Crippen LogP contribution < -0.4 is 0 Å². The highest BCUT2D eigenvalue weighted by Crippen LogP contribution is 2.23. The van der Waals surface area contributed by atoms with Gasteiger partial charge in [0.2, 0.25) is 0 Å². The maximum atomic E-state index is 12.8. The summed E-state index contributed by atoms with van der Waals surface area (Å²) in [6, 6.07) is 7.71. The lowest BCUT2D eigenvalue weighted by molar-refractivity contribution is 0.0152. The van der Waals surface area contributed by atoms with Gasteiger partial charge in [0, 0.05) is 43.3 Å². The molecule has 1 N–H and O–H groups in total. The van der Waals surface area contributed by atoms with Crippen LogP contribution in [0, 0.1) is 0 Å². The SMILES string of the molecule is CN(Cc1cnc(-c2ccc(C(=O)N3CCC[C@H]3CO)cc2)cn1)C1CCN(C(=O)OC(C)(C)C)CC1. The summed E-state index contributed by atoms with van der Waals surface area (Å²) in [5.41, 5.74) is 2.68. The highest BCUT2D eigenvalue weighted by atomic mass is 16.6. The number of rotatable bonds is 6. The fourth-order valence-corrected chi connectivity index (χ4v) is 5.03. The van der Waals surface area contributed by atoms with Gasteiger partial charge < -0.3 is 19.6 Å². The van der Waals surface area contributed by atoms with Crippen LogP contribution in [0.25, 0.3) is 11.3 Å². The molecule has 0 aliphatic carbocycles. The molecule has 0 saturated carbocycles. The van der Waals surface area contributed by atoms with Crippen LogP contribution in [0.4, 0.5) is 4.79 Å². The number of nitrogens with zero attached hydrogens (tertiary/aromatic N) is 5. The number of aliphatic hydroxyl groups excluding tert-OH is 1. The molecule has 0 spiro atoms. The van der Waals surface area contributed by atoms with Gasteiger partial charge in [-0.15, -0.1) is 0 Å². The van der Waals surface area contributed by atoms with Crippen LogP contribution in [0.2, 0.25) is 0 Å². The van der Waals surface area contributed by atoms with Crippen LogP contribution in [0.1, 0.15) is 62.5 Å². The Morgan fingerprint density at radius 1 is 1.05 bits per heavy atom. The number of amides is 2. The number of carbonyl (C=O) groups excluding carboxylic acids is 2. The van der Waals surface area contributed by atoms with Crippen LogP contribution in [0.5, 0.6) is 0 Å². The van der Waals surface area contributed by atoms with Crippen molar-refractivity contribution in [1.29, 1.82) is 0 Å². The van der Waals surface area contributed by atoms with Crippen LogP contribution in [0.3, 0.4) is 0 Å². The third-order valence-corrected chi connectivity index (χ3v) is 7.13. The number of aliphatic hydroxyl groups is 1. The number of hydrogen-bond acceptors (Lipinski definition) is 7. The minimum absolute atomic E-state index is 0.00617. The first-order valence-electron chi connectivity index (χ1n) is 13.2. The second kappa shape index (κ2) is 11.6. The van der Waals surface area contributed by atoms with Gasteiger partial charge in [0.15, 0.2) is 0 Å². The third kappa shape index (κ3) is 6.84. The van der Waals surface area contributed by atoms with E-state index in [-0.39, 0.29) is 24.6 Å². The Hall–Kier alpha value is -3.04. The lowest BCUT2D eigenvalue weighted by atomic mass is 10.0. The standard InChI is InChI=1S/C28H39N5O4/c1-28(2,3)37-27(36)32-14-11-23(12-15-32)31(4)18-22-16-30-25(17-29-22)20-7-9-21(10-8-20)26(35)33-13-5-6-24(33)19-34/h7-10,16-17,23-24,34H,5-6,11-15,18-19H2,1-4H3/t24-/m0/s1. The van der Waals surface area contributed by atoms with Crippen molar-refractivity contribution in [1.82, 2.24) is 24.7 Å². The number of piperidine rings is 1. The summed E-state index contributed by atoms with van der Waals surface area (Å²) in [5, 5.41) is 9.51. The van der Waals surface area contributed by atoms with Gasteiger partial charge in [0.1, 0.15) is 5.60 Å². The molecule has 0 radical (unpaired) electrons. The molecule has 2 aliphatic heterocycles. The number of benzene rings is 1. The summed E-state index contributed by atoms with van der Waals surface area (Å²) in [6.07, 6.45) is 6.90. The second-order valence-corrected chi connectivity index (χ2v) is 11.1. The predicted octanol–water partition coefficient (Wildman–Crippen LogP) is 3.57. The summed E-state index contributed by atoms with van der Waals surface area (Å²) in [4.78, 5) is 40.2. The summed E-state index contributed by atoms with van der Waals surface area (Å²) in [6.45, 7) is 8.41. The van der Waals surface area contributed by atoms with Crippen LogP contribution in [0.15, 0.2) is 36.7 Å². The lowest BCUT2D eigenvalue weighted by Crippen LogP contribution is -2.46. The van der Waals surface area contributed by atoms with Crippen LogP contribution >= 0.6 is 0 Å². The summed E-state index contributed by atoms with van der Waals surface area (Å²) >= 11 is 0. The number of hydrogen-bond donors (Lipinski definition) is 1. The van der Waals surface area contributed by atoms with Gasteiger partial charge in [-0.05, 0) is 65.6 Å². The first kappa shape index (κ1) is 27.0. The molecule has 9 nitrogen and oxygen atoms in total. The van der Waals surface area contributed by atoms with Crippen molar-refractivity contribution in [3.8, 4) is 11.3 Å². The fourth-order valence-electron chi connectivity index (χ4n) is 5.03. The Balaban J connectivity index is 1.29. The lowest BCUT2D eigenvalue weighted by Gasteiger charge is -2.37. The zero-order chi connectivity index (χ0) is 26.6. The van der Waals surface area contributed by atoms with Crippen molar-refractivity contribution in [3.05, 3.63) is 47.9 Å². The largest absolute Gasteiger partial charge is 0.444 e. The van der Waals surface area contributed by atoms with Crippen LogP contribution in [-0.4, -0.2) is 92.7 Å². The zero-order valence-corrected chi connectivity index (χ0v) is 22.4. The van der Waals surface area contributed by atoms with Crippen molar-refractivity contribution in [2.45, 2.75) is 70.7 Å². The highest BCUT2D eigenvalue weighted by molar-refractivity contribution is 5.95. The number of aromatic nitrogens is 2. The minimum Gasteiger partial charge on any atom is -0.444 e. The van der Waals surface area contributed by atoms with Crippen LogP contribution in [-0.2, 0) is 11.3 Å². The molecule has 0 bridgehead atoms. The van der Waals surface area contributed by atoms with E-state index in [1.54, 1.807) is 22.2 Å². The quantitative estimate of drug-likeness (QED) is 0.636. The predicted molar refractivity (Wildman–Crippen MR) is 141 cm³/mol. The van der Waals surface area contributed by atoms with E-state index >= 15 is 0 Å². The first-order chi connectivity index (χ1) is 17.6. The van der Waals surface area contributed by atoms with Crippen molar-refractivity contribution in [2.75, 3.05) is 33.3 Å². The summed E-state index contributed by atoms with van der Waals surface area (Å²) in [7, 11) is 2.08. The average Bonchev–Trinajstić information content (AvgIpc) is 3.37. The fraction of sp³-hybridized carbons (Fsp3) is 0.571. The smallest absolute Gasteiger partial charge is 0.410 e. The van der Waals surface area contributed by atoms with E-state index in [2.05, 4.69) is 21.9 Å². The van der Waals surface area contributed by atoms with Crippen molar-refractivity contribution in [3.63, 3.8) is 0 Å². The molecule has 37 heavy (non-hydrogen) atoms. The molecule has 2 aliphatic rings. The Morgan fingerprint density at radius 2 is 1.76 bits per heavy atom. The summed E-state index contributed by atoms with van der Waals surface area (Å²) < 4.78 is 5.49. The zero-order valence-electron chi connectivity index (χ0n) is 22.4. The van der Waals surface area contributed by atoms with E-state index in [1.165, 1.54) is 0 Å². The monoisotopic (exact) mass is 509 g/mol. The second-order valence-electron chi connectivity index (χ2n) is 11.1. The maximum Gasteiger partial charge on any atom is 0.410 e. The van der Waals surface area contributed by atoms with Gasteiger partial charge in [0.25, 0.3) is 5.91 Å². The normalized spacial score (nSPS) is 18.9. The van der Waals surface area contributed by atoms with E-state index in [1.807, 2.05) is 45.0 Å². The molecule has 9 heteroatoms.